The quantitative estimate of drug-likeness (QED) is 0.836. The number of nitrogens with zero attached hydrogens (tertiary/aromatic N) is 2. The number of carbonyl (C=O) groups excluding carboxylic acids is 1. The molecular formula is C21H24ClN3O2. The van der Waals surface area contributed by atoms with Crippen LogP contribution in [0.2, 0.25) is 5.02 Å². The Bertz CT molecular complexity index is 827. The highest BCUT2D eigenvalue weighted by Crippen LogP contribution is 2.55. The van der Waals surface area contributed by atoms with Crippen molar-refractivity contribution in [1.29, 1.82) is 0 Å². The van der Waals surface area contributed by atoms with E-state index in [4.69, 9.17) is 16.3 Å². The first-order valence-corrected chi connectivity index (χ1v) is 10.2. The molecule has 0 spiro atoms. The van der Waals surface area contributed by atoms with E-state index in [1.165, 1.54) is 19.3 Å². The van der Waals surface area contributed by atoms with Crippen molar-refractivity contribution in [3.05, 3.63) is 47.2 Å². The minimum absolute atomic E-state index is 0.00685. The van der Waals surface area contributed by atoms with Gasteiger partial charge in [-0.2, -0.15) is 5.10 Å². The van der Waals surface area contributed by atoms with Crippen LogP contribution in [-0.2, 0) is 6.73 Å². The molecule has 142 valence electrons. The van der Waals surface area contributed by atoms with Crippen molar-refractivity contribution in [2.45, 2.75) is 50.8 Å². The summed E-state index contributed by atoms with van der Waals surface area (Å²) >= 11 is 5.96. The first-order valence-electron chi connectivity index (χ1n) is 9.81. The molecule has 1 heterocycles. The van der Waals surface area contributed by atoms with Gasteiger partial charge in [-0.25, -0.2) is 4.68 Å². The van der Waals surface area contributed by atoms with Gasteiger partial charge in [-0.1, -0.05) is 17.7 Å². The molecule has 1 amide bonds. The van der Waals surface area contributed by atoms with Gasteiger partial charge in [-0.15, -0.1) is 0 Å². The van der Waals surface area contributed by atoms with Crippen LogP contribution in [0.3, 0.4) is 0 Å². The van der Waals surface area contributed by atoms with Crippen molar-refractivity contribution in [3.8, 4) is 5.75 Å². The van der Waals surface area contributed by atoms with Gasteiger partial charge in [-0.3, -0.25) is 4.79 Å². The summed E-state index contributed by atoms with van der Waals surface area (Å²) < 4.78 is 7.32. The minimum atomic E-state index is -0.0570. The summed E-state index contributed by atoms with van der Waals surface area (Å²) in [6.45, 7) is 0.241. The number of amides is 1. The predicted molar refractivity (Wildman–Crippen MR) is 103 cm³/mol. The number of rotatable bonds is 5. The fraction of sp³-hybridized carbons (Fsp3) is 0.524. The summed E-state index contributed by atoms with van der Waals surface area (Å²) in [5.41, 5.74) is 0.466. The van der Waals surface area contributed by atoms with Gasteiger partial charge in [0.15, 0.2) is 6.73 Å². The molecule has 1 aromatic carbocycles. The summed E-state index contributed by atoms with van der Waals surface area (Å²) in [6, 6.07) is 9.00. The normalized spacial score (nSPS) is 31.1. The molecule has 1 aromatic heterocycles. The third-order valence-electron chi connectivity index (χ3n) is 6.45. The molecule has 2 aromatic rings. The number of halogens is 1. The Balaban J connectivity index is 1.23. The van der Waals surface area contributed by atoms with Gasteiger partial charge in [0.1, 0.15) is 11.4 Å². The van der Waals surface area contributed by atoms with E-state index in [0.29, 0.717) is 16.5 Å². The Morgan fingerprint density at radius 1 is 1.19 bits per heavy atom. The molecule has 27 heavy (non-hydrogen) atoms. The van der Waals surface area contributed by atoms with Gasteiger partial charge in [-0.05, 0) is 80.5 Å². The number of hydrogen-bond donors (Lipinski definition) is 1. The van der Waals surface area contributed by atoms with E-state index in [1.54, 1.807) is 29.1 Å². The largest absolute Gasteiger partial charge is 0.471 e. The summed E-state index contributed by atoms with van der Waals surface area (Å²) in [7, 11) is 0. The average Bonchev–Trinajstić information content (AvgIpc) is 3.08. The van der Waals surface area contributed by atoms with Gasteiger partial charge in [0.05, 0.1) is 0 Å². The smallest absolute Gasteiger partial charge is 0.272 e. The summed E-state index contributed by atoms with van der Waals surface area (Å²) in [5, 5.41) is 8.38. The molecule has 4 fully saturated rings. The monoisotopic (exact) mass is 385 g/mol. The highest BCUT2D eigenvalue weighted by molar-refractivity contribution is 6.30. The Morgan fingerprint density at radius 2 is 1.89 bits per heavy atom. The molecule has 6 heteroatoms. The second kappa shape index (κ2) is 6.55. The topological polar surface area (TPSA) is 56.2 Å². The summed E-state index contributed by atoms with van der Waals surface area (Å²) in [5.74, 6) is 3.04. The second-order valence-electron chi connectivity index (χ2n) is 8.62. The van der Waals surface area contributed by atoms with Gasteiger partial charge in [0.25, 0.3) is 5.91 Å². The van der Waals surface area contributed by atoms with Crippen molar-refractivity contribution in [3.63, 3.8) is 0 Å². The number of nitrogens with one attached hydrogen (secondary N) is 1. The standard InChI is InChI=1S/C21H24ClN3O2/c22-17-2-1-3-18(9-17)27-13-25-5-4-19(24-25)20(26)23-21-10-14-6-15(11-21)8-16(7-14)12-21/h1-5,9,14-16H,6-8,10-13H2,(H,23,26). The van der Waals surface area contributed by atoms with E-state index >= 15 is 0 Å². The molecule has 0 radical (unpaired) electrons. The third kappa shape index (κ3) is 3.45. The van der Waals surface area contributed by atoms with Crippen molar-refractivity contribution in [1.82, 2.24) is 15.1 Å². The molecule has 0 aliphatic heterocycles. The first-order chi connectivity index (χ1) is 13.1. The molecule has 0 unspecified atom stereocenters. The molecule has 1 N–H and O–H groups in total. The molecular weight excluding hydrogens is 362 g/mol. The van der Waals surface area contributed by atoms with Crippen LogP contribution < -0.4 is 10.1 Å². The number of ether oxygens (including phenoxy) is 1. The van der Waals surface area contributed by atoms with Gasteiger partial charge in [0, 0.05) is 16.8 Å². The number of hydrogen-bond acceptors (Lipinski definition) is 3. The second-order valence-corrected chi connectivity index (χ2v) is 9.06. The lowest BCUT2D eigenvalue weighted by molar-refractivity contribution is -0.0168. The van der Waals surface area contributed by atoms with Crippen molar-refractivity contribution in [2.24, 2.45) is 17.8 Å². The van der Waals surface area contributed by atoms with E-state index in [9.17, 15) is 4.79 Å². The van der Waals surface area contributed by atoms with Crippen molar-refractivity contribution in [2.75, 3.05) is 0 Å². The maximum absolute atomic E-state index is 12.8. The lowest BCUT2D eigenvalue weighted by Crippen LogP contribution is -2.59. The van der Waals surface area contributed by atoms with Crippen LogP contribution in [0.25, 0.3) is 0 Å². The van der Waals surface area contributed by atoms with E-state index in [2.05, 4.69) is 10.4 Å². The zero-order valence-electron chi connectivity index (χ0n) is 15.2. The van der Waals surface area contributed by atoms with Gasteiger partial charge >= 0.3 is 0 Å². The van der Waals surface area contributed by atoms with E-state index in [1.807, 2.05) is 12.1 Å². The number of aromatic nitrogens is 2. The van der Waals surface area contributed by atoms with Crippen molar-refractivity contribution < 1.29 is 9.53 Å². The van der Waals surface area contributed by atoms with E-state index in [-0.39, 0.29) is 18.2 Å². The average molecular weight is 386 g/mol. The number of carbonyl (C=O) groups is 1. The molecule has 4 aliphatic carbocycles. The van der Waals surface area contributed by atoms with Crippen LogP contribution >= 0.6 is 11.6 Å². The lowest BCUT2D eigenvalue weighted by Gasteiger charge is -2.56. The molecule has 5 nitrogen and oxygen atoms in total. The van der Waals surface area contributed by atoms with Crippen LogP contribution in [0.15, 0.2) is 36.5 Å². The minimum Gasteiger partial charge on any atom is -0.471 e. The molecule has 0 atom stereocenters. The third-order valence-corrected chi connectivity index (χ3v) is 6.68. The van der Waals surface area contributed by atoms with Crippen molar-refractivity contribution >= 4 is 17.5 Å². The highest BCUT2D eigenvalue weighted by atomic mass is 35.5. The lowest BCUT2D eigenvalue weighted by atomic mass is 9.53. The Kier molecular flexibility index (Phi) is 4.15. The van der Waals surface area contributed by atoms with Crippen LogP contribution in [0.1, 0.15) is 49.0 Å². The summed E-state index contributed by atoms with van der Waals surface area (Å²) in [6.07, 6.45) is 9.30. The maximum Gasteiger partial charge on any atom is 0.272 e. The van der Waals surface area contributed by atoms with Gasteiger partial charge in [0.2, 0.25) is 0 Å². The number of benzene rings is 1. The zero-order valence-corrected chi connectivity index (χ0v) is 16.0. The van der Waals surface area contributed by atoms with E-state index < -0.39 is 0 Å². The van der Waals surface area contributed by atoms with Gasteiger partial charge < -0.3 is 10.1 Å². The van der Waals surface area contributed by atoms with Crippen LogP contribution in [0.4, 0.5) is 0 Å². The Hall–Kier alpha value is -2.01. The summed E-state index contributed by atoms with van der Waals surface area (Å²) in [4.78, 5) is 12.8. The predicted octanol–water partition coefficient (Wildman–Crippen LogP) is 4.27. The molecule has 4 bridgehead atoms. The van der Waals surface area contributed by atoms with E-state index in [0.717, 1.165) is 37.0 Å². The van der Waals surface area contributed by atoms with Crippen LogP contribution in [0.5, 0.6) is 5.75 Å². The fourth-order valence-corrected chi connectivity index (χ4v) is 6.00. The molecule has 4 saturated carbocycles. The Morgan fingerprint density at radius 3 is 2.56 bits per heavy atom. The SMILES string of the molecule is O=C(NC12CC3CC(CC(C3)C1)C2)c1ccn(COc2cccc(Cl)c2)n1. The molecule has 0 saturated heterocycles. The van der Waals surface area contributed by atoms with Crippen LogP contribution in [-0.4, -0.2) is 21.2 Å². The molecule has 6 rings (SSSR count). The Labute approximate surface area is 164 Å². The first kappa shape index (κ1) is 17.1. The molecule has 4 aliphatic rings. The zero-order chi connectivity index (χ0) is 18.4. The maximum atomic E-state index is 12.8. The van der Waals surface area contributed by atoms with Crippen LogP contribution in [0, 0.1) is 17.8 Å². The highest BCUT2D eigenvalue weighted by Gasteiger charge is 2.51. The fourth-order valence-electron chi connectivity index (χ4n) is 5.82.